The maximum absolute atomic E-state index is 12.2. The van der Waals surface area contributed by atoms with E-state index in [1.54, 1.807) is 0 Å². The minimum absolute atomic E-state index is 0.0362. The molecule has 1 aliphatic rings. The minimum atomic E-state index is -3.39. The summed E-state index contributed by atoms with van der Waals surface area (Å²) in [6, 6.07) is 5.06. The molecule has 1 saturated heterocycles. The molecule has 0 aromatic heterocycles. The maximum Gasteiger partial charge on any atom is 0.269 e. The van der Waals surface area contributed by atoms with E-state index in [4.69, 9.17) is 0 Å². The fourth-order valence-electron chi connectivity index (χ4n) is 2.21. The molecular weight excluding hydrogens is 294 g/mol. The Hall–Kier alpha value is -1.51. The Bertz CT molecular complexity index is 592. The number of nitrogens with zero attached hydrogens (tertiary/aromatic N) is 3. The summed E-state index contributed by atoms with van der Waals surface area (Å²) in [4.78, 5) is 14.5. The van der Waals surface area contributed by atoms with Gasteiger partial charge in [-0.2, -0.15) is 0 Å². The number of rotatable bonds is 5. The van der Waals surface area contributed by atoms with Crippen molar-refractivity contribution in [2.45, 2.75) is 4.90 Å². The van der Waals surface area contributed by atoms with E-state index in [2.05, 4.69) is 9.80 Å². The van der Waals surface area contributed by atoms with Gasteiger partial charge in [-0.25, -0.2) is 8.42 Å². The van der Waals surface area contributed by atoms with Gasteiger partial charge >= 0.3 is 0 Å². The molecule has 0 spiro atoms. The zero-order valence-corrected chi connectivity index (χ0v) is 12.8. The lowest BCUT2D eigenvalue weighted by molar-refractivity contribution is -0.384. The normalized spacial score (nSPS) is 17.8. The lowest BCUT2D eigenvalue weighted by Crippen LogP contribution is -2.45. The molecule has 0 aliphatic carbocycles. The van der Waals surface area contributed by atoms with Gasteiger partial charge in [0.2, 0.25) is 0 Å². The quantitative estimate of drug-likeness (QED) is 0.585. The van der Waals surface area contributed by atoms with Gasteiger partial charge in [-0.1, -0.05) is 0 Å². The SMILES string of the molecule is CN1CCN(CCS(=O)(=O)c2ccc([N+](=O)[O-])cc2)CC1. The van der Waals surface area contributed by atoms with Crippen molar-refractivity contribution in [3.63, 3.8) is 0 Å². The van der Waals surface area contributed by atoms with Gasteiger partial charge in [-0.05, 0) is 19.2 Å². The minimum Gasteiger partial charge on any atom is -0.304 e. The van der Waals surface area contributed by atoms with Crippen LogP contribution in [0.2, 0.25) is 0 Å². The van der Waals surface area contributed by atoms with E-state index in [1.807, 2.05) is 7.05 Å². The molecule has 0 saturated carbocycles. The Morgan fingerprint density at radius 1 is 1.14 bits per heavy atom. The van der Waals surface area contributed by atoms with E-state index in [1.165, 1.54) is 24.3 Å². The van der Waals surface area contributed by atoms with E-state index in [0.717, 1.165) is 26.2 Å². The maximum atomic E-state index is 12.2. The number of hydrogen-bond donors (Lipinski definition) is 0. The molecule has 8 heteroatoms. The molecule has 0 unspecified atom stereocenters. The molecule has 1 heterocycles. The number of piperazine rings is 1. The van der Waals surface area contributed by atoms with Crippen LogP contribution in [0.25, 0.3) is 0 Å². The van der Waals surface area contributed by atoms with Crippen LogP contribution in [0.3, 0.4) is 0 Å². The van der Waals surface area contributed by atoms with Crippen LogP contribution in [-0.4, -0.2) is 68.7 Å². The van der Waals surface area contributed by atoms with Crippen molar-refractivity contribution in [3.05, 3.63) is 34.4 Å². The van der Waals surface area contributed by atoms with Crippen LogP contribution in [-0.2, 0) is 9.84 Å². The van der Waals surface area contributed by atoms with Crippen molar-refractivity contribution in [1.82, 2.24) is 9.80 Å². The average molecular weight is 313 g/mol. The Labute approximate surface area is 124 Å². The van der Waals surface area contributed by atoms with Crippen molar-refractivity contribution in [2.24, 2.45) is 0 Å². The summed E-state index contributed by atoms with van der Waals surface area (Å²) in [6.45, 7) is 4.11. The lowest BCUT2D eigenvalue weighted by Gasteiger charge is -2.32. The number of likely N-dealkylation sites (N-methyl/N-ethyl adjacent to an activating group) is 1. The first-order valence-corrected chi connectivity index (χ1v) is 8.42. The second-order valence-corrected chi connectivity index (χ2v) is 7.32. The molecule has 2 rings (SSSR count). The van der Waals surface area contributed by atoms with Gasteiger partial charge in [0.05, 0.1) is 15.6 Å². The van der Waals surface area contributed by atoms with Crippen LogP contribution >= 0.6 is 0 Å². The Morgan fingerprint density at radius 3 is 2.24 bits per heavy atom. The number of sulfone groups is 1. The summed E-state index contributed by atoms with van der Waals surface area (Å²) in [5.41, 5.74) is -0.104. The summed E-state index contributed by atoms with van der Waals surface area (Å²) in [5.74, 6) is 0.0362. The van der Waals surface area contributed by atoms with Crippen LogP contribution < -0.4 is 0 Å². The zero-order valence-electron chi connectivity index (χ0n) is 11.9. The predicted octanol–water partition coefficient (Wildman–Crippen LogP) is 0.616. The van der Waals surface area contributed by atoms with Gasteiger partial charge in [0.15, 0.2) is 9.84 Å². The van der Waals surface area contributed by atoms with E-state index >= 15 is 0 Å². The van der Waals surface area contributed by atoms with Crippen molar-refractivity contribution in [2.75, 3.05) is 45.5 Å². The summed E-state index contributed by atoms with van der Waals surface area (Å²) in [5, 5.41) is 10.6. The second-order valence-electron chi connectivity index (χ2n) is 5.21. The number of nitro groups is 1. The van der Waals surface area contributed by atoms with E-state index in [-0.39, 0.29) is 16.3 Å². The Morgan fingerprint density at radius 2 is 1.71 bits per heavy atom. The summed E-state index contributed by atoms with van der Waals surface area (Å²) < 4.78 is 24.4. The van der Waals surface area contributed by atoms with E-state index in [0.29, 0.717) is 6.54 Å². The fraction of sp³-hybridized carbons (Fsp3) is 0.538. The van der Waals surface area contributed by atoms with Crippen molar-refractivity contribution in [1.29, 1.82) is 0 Å². The lowest BCUT2D eigenvalue weighted by atomic mass is 10.3. The first-order valence-electron chi connectivity index (χ1n) is 6.76. The van der Waals surface area contributed by atoms with Crippen LogP contribution in [0.4, 0.5) is 5.69 Å². The molecule has 0 atom stereocenters. The molecule has 7 nitrogen and oxygen atoms in total. The summed E-state index contributed by atoms with van der Waals surface area (Å²) >= 11 is 0. The molecule has 0 N–H and O–H groups in total. The molecular formula is C13H19N3O4S. The predicted molar refractivity (Wildman–Crippen MR) is 79.1 cm³/mol. The van der Waals surface area contributed by atoms with Gasteiger partial charge in [0.25, 0.3) is 5.69 Å². The van der Waals surface area contributed by atoms with E-state index < -0.39 is 14.8 Å². The molecule has 116 valence electrons. The molecule has 0 amide bonds. The molecule has 1 fully saturated rings. The zero-order chi connectivity index (χ0) is 15.5. The number of non-ortho nitro benzene ring substituents is 1. The first-order chi connectivity index (χ1) is 9.88. The fourth-order valence-corrected chi connectivity index (χ4v) is 3.50. The average Bonchev–Trinajstić information content (AvgIpc) is 2.47. The second kappa shape index (κ2) is 6.50. The highest BCUT2D eigenvalue weighted by Crippen LogP contribution is 2.17. The van der Waals surface area contributed by atoms with Crippen molar-refractivity contribution < 1.29 is 13.3 Å². The number of benzene rings is 1. The van der Waals surface area contributed by atoms with Crippen LogP contribution in [0, 0.1) is 10.1 Å². The highest BCUT2D eigenvalue weighted by atomic mass is 32.2. The van der Waals surface area contributed by atoms with Crippen LogP contribution in [0.1, 0.15) is 0 Å². The third kappa shape index (κ3) is 4.23. The molecule has 1 aromatic rings. The van der Waals surface area contributed by atoms with E-state index in [9.17, 15) is 18.5 Å². The number of nitro benzene ring substituents is 1. The monoisotopic (exact) mass is 313 g/mol. The smallest absolute Gasteiger partial charge is 0.269 e. The third-order valence-electron chi connectivity index (χ3n) is 3.68. The van der Waals surface area contributed by atoms with Gasteiger partial charge < -0.3 is 4.90 Å². The number of hydrogen-bond acceptors (Lipinski definition) is 6. The van der Waals surface area contributed by atoms with Crippen LogP contribution in [0.15, 0.2) is 29.2 Å². The van der Waals surface area contributed by atoms with Crippen molar-refractivity contribution >= 4 is 15.5 Å². The highest BCUT2D eigenvalue weighted by molar-refractivity contribution is 7.91. The first kappa shape index (κ1) is 15.9. The Kier molecular flexibility index (Phi) is 4.92. The van der Waals surface area contributed by atoms with Crippen LogP contribution in [0.5, 0.6) is 0 Å². The molecule has 1 aliphatic heterocycles. The van der Waals surface area contributed by atoms with Crippen molar-refractivity contribution in [3.8, 4) is 0 Å². The third-order valence-corrected chi connectivity index (χ3v) is 5.39. The topological polar surface area (TPSA) is 83.8 Å². The Balaban J connectivity index is 1.96. The summed E-state index contributed by atoms with van der Waals surface area (Å²) in [6.07, 6.45) is 0. The molecule has 0 bridgehead atoms. The highest BCUT2D eigenvalue weighted by Gasteiger charge is 2.19. The van der Waals surface area contributed by atoms with Gasteiger partial charge in [0, 0.05) is 44.9 Å². The standard InChI is InChI=1S/C13H19N3O4S/c1-14-6-8-15(9-7-14)10-11-21(19,20)13-4-2-12(3-5-13)16(17)18/h2-5H,6-11H2,1H3. The molecule has 1 aromatic carbocycles. The largest absolute Gasteiger partial charge is 0.304 e. The van der Waals surface area contributed by atoms with Gasteiger partial charge in [0.1, 0.15) is 0 Å². The molecule has 21 heavy (non-hydrogen) atoms. The van der Waals surface area contributed by atoms with Gasteiger partial charge in [-0.3, -0.25) is 15.0 Å². The van der Waals surface area contributed by atoms with Gasteiger partial charge in [-0.15, -0.1) is 0 Å². The summed E-state index contributed by atoms with van der Waals surface area (Å²) in [7, 11) is -1.35. The molecule has 0 radical (unpaired) electrons.